The lowest BCUT2D eigenvalue weighted by Crippen LogP contribution is -2.58. The number of aryl methyl sites for hydroxylation is 2. The van der Waals surface area contributed by atoms with Gasteiger partial charge in [0.15, 0.2) is 0 Å². The van der Waals surface area contributed by atoms with E-state index >= 15 is 0 Å². The number of carbonyl (C=O) groups excluding carboxylic acids is 1. The Morgan fingerprint density at radius 3 is 2.70 bits per heavy atom. The SMILES string of the molecule is CC1(O)CN(C=O)C1.COc1cc(N)c(C=N)cc1Nc1ncnc2sc3c(c12)CCCC3. The van der Waals surface area contributed by atoms with E-state index in [1.54, 1.807) is 37.8 Å². The summed E-state index contributed by atoms with van der Waals surface area (Å²) in [5, 5.41) is 21.0. The van der Waals surface area contributed by atoms with Gasteiger partial charge in [-0.3, -0.25) is 4.79 Å². The second kappa shape index (κ2) is 9.32. The Morgan fingerprint density at radius 1 is 1.30 bits per heavy atom. The molecule has 0 spiro atoms. The number of hydrogen-bond acceptors (Lipinski definition) is 9. The molecule has 1 amide bonds. The third-order valence-electron chi connectivity index (χ3n) is 5.80. The van der Waals surface area contributed by atoms with Crippen LogP contribution < -0.4 is 15.8 Å². The molecule has 0 atom stereocenters. The molecule has 10 heteroatoms. The lowest BCUT2D eigenvalue weighted by Gasteiger charge is -2.41. The predicted octanol–water partition coefficient (Wildman–Crippen LogP) is 3.11. The first kappa shape index (κ1) is 22.9. The Kier molecular flexibility index (Phi) is 6.48. The van der Waals surface area contributed by atoms with Crippen LogP contribution in [0.5, 0.6) is 5.75 Å². The van der Waals surface area contributed by atoms with Gasteiger partial charge in [-0.1, -0.05) is 0 Å². The molecule has 5 rings (SSSR count). The van der Waals surface area contributed by atoms with Gasteiger partial charge in [-0.15, -0.1) is 11.3 Å². The fourth-order valence-electron chi connectivity index (χ4n) is 4.22. The van der Waals surface area contributed by atoms with Crippen molar-refractivity contribution < 1.29 is 14.6 Å². The van der Waals surface area contributed by atoms with E-state index in [4.69, 9.17) is 21.0 Å². The van der Waals surface area contributed by atoms with Gasteiger partial charge in [0, 0.05) is 28.4 Å². The van der Waals surface area contributed by atoms with Crippen molar-refractivity contribution in [3.63, 3.8) is 0 Å². The van der Waals surface area contributed by atoms with Crippen molar-refractivity contribution >= 4 is 51.4 Å². The highest BCUT2D eigenvalue weighted by Crippen LogP contribution is 2.40. The third kappa shape index (κ3) is 4.76. The molecule has 2 aliphatic rings. The van der Waals surface area contributed by atoms with Crippen molar-refractivity contribution in [1.82, 2.24) is 14.9 Å². The van der Waals surface area contributed by atoms with Crippen LogP contribution in [-0.4, -0.2) is 58.4 Å². The summed E-state index contributed by atoms with van der Waals surface area (Å²) in [7, 11) is 1.60. The minimum absolute atomic E-state index is 0.483. The number of likely N-dealkylation sites (tertiary alicyclic amines) is 1. The Morgan fingerprint density at radius 2 is 2.06 bits per heavy atom. The first-order valence-corrected chi connectivity index (χ1v) is 11.6. The van der Waals surface area contributed by atoms with Gasteiger partial charge in [0.25, 0.3) is 0 Å². The van der Waals surface area contributed by atoms with E-state index < -0.39 is 5.60 Å². The molecule has 0 saturated carbocycles. The van der Waals surface area contributed by atoms with Crippen LogP contribution >= 0.6 is 11.3 Å². The van der Waals surface area contributed by atoms with E-state index in [0.29, 0.717) is 30.1 Å². The van der Waals surface area contributed by atoms with Crippen LogP contribution in [0.3, 0.4) is 0 Å². The number of nitrogens with zero attached hydrogens (tertiary/aromatic N) is 3. The number of nitrogen functional groups attached to an aromatic ring is 1. The molecular weight excluding hydrogens is 440 g/mol. The van der Waals surface area contributed by atoms with E-state index in [2.05, 4.69) is 15.3 Å². The Hall–Kier alpha value is -3.24. The minimum atomic E-state index is -0.610. The van der Waals surface area contributed by atoms with Crippen molar-refractivity contribution in [2.75, 3.05) is 31.2 Å². The van der Waals surface area contributed by atoms with Gasteiger partial charge >= 0.3 is 0 Å². The number of methoxy groups -OCH3 is 1. The maximum atomic E-state index is 9.89. The maximum Gasteiger partial charge on any atom is 0.209 e. The number of fused-ring (bicyclic) bond motifs is 3. The molecule has 0 unspecified atom stereocenters. The number of carbonyl (C=O) groups is 1. The summed E-state index contributed by atoms with van der Waals surface area (Å²) in [5.74, 6) is 1.40. The van der Waals surface area contributed by atoms with Crippen molar-refractivity contribution in [3.8, 4) is 5.75 Å². The number of nitrogens with one attached hydrogen (secondary N) is 2. The van der Waals surface area contributed by atoms with Crippen LogP contribution in [-0.2, 0) is 17.6 Å². The lowest BCUT2D eigenvalue weighted by atomic mass is 9.97. The van der Waals surface area contributed by atoms with Gasteiger partial charge in [-0.05, 0) is 44.2 Å². The average Bonchev–Trinajstić information content (AvgIpc) is 3.18. The highest BCUT2D eigenvalue weighted by molar-refractivity contribution is 7.19. The molecule has 9 nitrogen and oxygen atoms in total. The molecule has 33 heavy (non-hydrogen) atoms. The Labute approximate surface area is 196 Å². The molecule has 0 radical (unpaired) electrons. The standard InChI is InChI=1S/C18H19N5OS.C5H9NO2/c1-24-14-7-12(20)10(8-19)6-13(14)23-17-16-11-4-2-3-5-15(11)25-18(16)22-9-21-17;1-5(8)2-6(3-5)4-7/h6-9,19H,2-5,20H2,1H3,(H,21,22,23);4,8H,2-3H2,1H3. The van der Waals surface area contributed by atoms with Crippen LogP contribution in [0.2, 0.25) is 0 Å². The highest BCUT2D eigenvalue weighted by atomic mass is 32.1. The molecule has 1 saturated heterocycles. The van der Waals surface area contributed by atoms with Crippen LogP contribution in [0.1, 0.15) is 35.8 Å². The molecule has 3 aromatic rings. The number of benzene rings is 1. The number of amides is 1. The predicted molar refractivity (Wildman–Crippen MR) is 131 cm³/mol. The molecule has 3 heterocycles. The van der Waals surface area contributed by atoms with Gasteiger partial charge in [0.2, 0.25) is 6.41 Å². The smallest absolute Gasteiger partial charge is 0.209 e. The molecule has 1 aliphatic heterocycles. The average molecular weight is 469 g/mol. The molecule has 1 aliphatic carbocycles. The zero-order valence-corrected chi connectivity index (χ0v) is 19.5. The van der Waals surface area contributed by atoms with Crippen LogP contribution in [0, 0.1) is 5.41 Å². The lowest BCUT2D eigenvalue weighted by molar-refractivity contribution is -0.138. The number of thiophene rings is 1. The second-order valence-corrected chi connectivity index (χ2v) is 9.66. The zero-order valence-electron chi connectivity index (χ0n) is 18.7. The second-order valence-electron chi connectivity index (χ2n) is 8.57. The fourth-order valence-corrected chi connectivity index (χ4v) is 5.45. The maximum absolute atomic E-state index is 9.89. The van der Waals surface area contributed by atoms with Gasteiger partial charge in [-0.25, -0.2) is 9.97 Å². The number of aromatic nitrogens is 2. The molecular formula is C23H28N6O3S. The number of anilines is 3. The van der Waals surface area contributed by atoms with Gasteiger partial charge in [0.1, 0.15) is 22.7 Å². The van der Waals surface area contributed by atoms with Gasteiger partial charge < -0.3 is 31.2 Å². The van der Waals surface area contributed by atoms with E-state index in [1.807, 2.05) is 6.07 Å². The van der Waals surface area contributed by atoms with Crippen LogP contribution in [0.4, 0.5) is 17.2 Å². The highest BCUT2D eigenvalue weighted by Gasteiger charge is 2.35. The number of β-amino-alcohol motifs (C(OH)–C–C–N with tert-alkyl or cyclic N) is 1. The van der Waals surface area contributed by atoms with Crippen molar-refractivity contribution in [2.24, 2.45) is 0 Å². The molecule has 5 N–H and O–H groups in total. The van der Waals surface area contributed by atoms with Crippen molar-refractivity contribution in [2.45, 2.75) is 38.2 Å². The molecule has 2 aromatic heterocycles. The minimum Gasteiger partial charge on any atom is -0.494 e. The van der Waals surface area contributed by atoms with E-state index in [9.17, 15) is 4.79 Å². The van der Waals surface area contributed by atoms with Gasteiger partial charge in [-0.2, -0.15) is 0 Å². The summed E-state index contributed by atoms with van der Waals surface area (Å²) in [4.78, 5) is 22.8. The zero-order chi connectivity index (χ0) is 23.6. The quantitative estimate of drug-likeness (QED) is 0.256. The number of nitrogens with two attached hydrogens (primary N) is 1. The fraction of sp³-hybridized carbons (Fsp3) is 0.391. The first-order valence-electron chi connectivity index (χ1n) is 10.8. The van der Waals surface area contributed by atoms with Gasteiger partial charge in [0.05, 0.1) is 36.9 Å². The number of ether oxygens (including phenoxy) is 1. The molecule has 0 bridgehead atoms. The third-order valence-corrected chi connectivity index (χ3v) is 7.00. The Balaban J connectivity index is 0.000000275. The van der Waals surface area contributed by atoms with E-state index in [-0.39, 0.29) is 0 Å². The molecule has 1 aromatic carbocycles. The number of hydrogen-bond donors (Lipinski definition) is 4. The topological polar surface area (TPSA) is 137 Å². The number of aliphatic hydroxyl groups is 1. The van der Waals surface area contributed by atoms with E-state index in [0.717, 1.165) is 41.0 Å². The summed E-state index contributed by atoms with van der Waals surface area (Å²) in [5.41, 5.74) is 8.61. The monoisotopic (exact) mass is 468 g/mol. The summed E-state index contributed by atoms with van der Waals surface area (Å²) < 4.78 is 5.45. The van der Waals surface area contributed by atoms with Crippen LogP contribution in [0.25, 0.3) is 10.2 Å². The normalized spacial score (nSPS) is 16.2. The van der Waals surface area contributed by atoms with E-state index in [1.165, 1.54) is 34.4 Å². The largest absolute Gasteiger partial charge is 0.494 e. The summed E-state index contributed by atoms with van der Waals surface area (Å²) >= 11 is 1.77. The first-order chi connectivity index (χ1) is 15.8. The van der Waals surface area contributed by atoms with Crippen molar-refractivity contribution in [1.29, 1.82) is 5.41 Å². The summed E-state index contributed by atoms with van der Waals surface area (Å²) in [6, 6.07) is 3.54. The van der Waals surface area contributed by atoms with Crippen LogP contribution in [0.15, 0.2) is 18.5 Å². The number of rotatable bonds is 5. The summed E-state index contributed by atoms with van der Waals surface area (Å²) in [6.45, 7) is 2.68. The molecule has 1 fully saturated rings. The molecule has 174 valence electrons. The summed E-state index contributed by atoms with van der Waals surface area (Å²) in [6.07, 6.45) is 8.22. The van der Waals surface area contributed by atoms with Crippen molar-refractivity contribution in [3.05, 3.63) is 34.5 Å². The Bertz CT molecular complexity index is 1180.